The highest BCUT2D eigenvalue weighted by molar-refractivity contribution is 6.08. The maximum atomic E-state index is 4.71. The molecule has 1 unspecified atom stereocenters. The summed E-state index contributed by atoms with van der Waals surface area (Å²) in [5.41, 5.74) is 5.99. The number of nitrogens with one attached hydrogen (secondary N) is 2. The molecule has 0 aliphatic heterocycles. The van der Waals surface area contributed by atoms with Crippen LogP contribution in [0, 0.1) is 0 Å². The predicted octanol–water partition coefficient (Wildman–Crippen LogP) is 5.54. The smallest absolute Gasteiger partial charge is 0.124 e. The van der Waals surface area contributed by atoms with Crippen LogP contribution in [-0.4, -0.2) is 14.5 Å². The van der Waals surface area contributed by atoms with Gasteiger partial charge in [-0.2, -0.15) is 0 Å². The fourth-order valence-electron chi connectivity index (χ4n) is 4.10. The van der Waals surface area contributed by atoms with Crippen LogP contribution in [0.15, 0.2) is 66.7 Å². The topological polar surface area (TPSA) is 45.6 Å². The highest BCUT2D eigenvalue weighted by Crippen LogP contribution is 2.29. The van der Waals surface area contributed by atoms with Crippen molar-refractivity contribution < 1.29 is 0 Å². The largest absolute Gasteiger partial charge is 0.341 e. The van der Waals surface area contributed by atoms with E-state index in [0.717, 1.165) is 29.9 Å². The van der Waals surface area contributed by atoms with E-state index in [0.29, 0.717) is 0 Å². The summed E-state index contributed by atoms with van der Waals surface area (Å²) >= 11 is 0. The van der Waals surface area contributed by atoms with Crippen molar-refractivity contribution in [2.75, 3.05) is 0 Å². The molecule has 0 bridgehead atoms. The fraction of sp³-hybridized carbons (Fsp3) is 0.208. The summed E-state index contributed by atoms with van der Waals surface area (Å²) in [6.45, 7) is 6.14. The van der Waals surface area contributed by atoms with E-state index >= 15 is 0 Å². The summed E-state index contributed by atoms with van der Waals surface area (Å²) in [5, 5.41) is 6.26. The molecule has 28 heavy (non-hydrogen) atoms. The molecule has 0 fully saturated rings. The first kappa shape index (κ1) is 17.0. The van der Waals surface area contributed by atoms with Crippen molar-refractivity contribution in [2.45, 2.75) is 33.0 Å². The third-order valence-electron chi connectivity index (χ3n) is 5.58. The highest BCUT2D eigenvalue weighted by atomic mass is 15.0. The summed E-state index contributed by atoms with van der Waals surface area (Å²) in [6, 6.07) is 23.8. The molecule has 0 saturated carbocycles. The number of H-pyrrole nitrogens is 1. The van der Waals surface area contributed by atoms with Crippen LogP contribution in [0.25, 0.3) is 32.8 Å². The Morgan fingerprint density at radius 3 is 2.61 bits per heavy atom. The monoisotopic (exact) mass is 368 g/mol. The molecule has 2 heterocycles. The molecule has 0 radical (unpaired) electrons. The number of aromatic amines is 1. The van der Waals surface area contributed by atoms with Crippen molar-refractivity contribution in [1.29, 1.82) is 0 Å². The average Bonchev–Trinajstić information content (AvgIpc) is 3.31. The Morgan fingerprint density at radius 2 is 1.75 bits per heavy atom. The number of hydrogen-bond acceptors (Lipinski definition) is 2. The number of rotatable bonds is 5. The molecular weight excluding hydrogens is 344 g/mol. The van der Waals surface area contributed by atoms with Crippen LogP contribution in [0.2, 0.25) is 0 Å². The van der Waals surface area contributed by atoms with Crippen LogP contribution in [0.3, 0.4) is 0 Å². The number of nitrogens with zero attached hydrogens (tertiary/aromatic N) is 2. The molecule has 1 atom stereocenters. The number of benzene rings is 3. The molecule has 0 spiro atoms. The summed E-state index contributed by atoms with van der Waals surface area (Å²) in [4.78, 5) is 8.13. The van der Waals surface area contributed by atoms with Crippen LogP contribution < -0.4 is 5.32 Å². The third kappa shape index (κ3) is 2.77. The molecular formula is C24H24N4. The van der Waals surface area contributed by atoms with Crippen molar-refractivity contribution >= 4 is 32.8 Å². The van der Waals surface area contributed by atoms with Crippen LogP contribution in [0.1, 0.15) is 31.3 Å². The quantitative estimate of drug-likeness (QED) is 0.428. The highest BCUT2D eigenvalue weighted by Gasteiger charge is 2.12. The van der Waals surface area contributed by atoms with Gasteiger partial charge in [0.05, 0.1) is 17.1 Å². The van der Waals surface area contributed by atoms with E-state index in [1.807, 2.05) is 18.2 Å². The van der Waals surface area contributed by atoms with Crippen LogP contribution in [0.5, 0.6) is 0 Å². The lowest BCUT2D eigenvalue weighted by Gasteiger charge is -2.11. The first-order valence-electron chi connectivity index (χ1n) is 9.92. The summed E-state index contributed by atoms with van der Waals surface area (Å²) < 4.78 is 2.39. The molecule has 4 nitrogen and oxygen atoms in total. The molecule has 0 amide bonds. The fourth-order valence-corrected chi connectivity index (χ4v) is 4.10. The lowest BCUT2D eigenvalue weighted by molar-refractivity contribution is 0.552. The van der Waals surface area contributed by atoms with Gasteiger partial charge in [0.1, 0.15) is 5.82 Å². The lowest BCUT2D eigenvalue weighted by atomic mass is 10.1. The van der Waals surface area contributed by atoms with Gasteiger partial charge in [-0.3, -0.25) is 0 Å². The molecule has 0 aliphatic carbocycles. The number of fused-ring (bicyclic) bond motifs is 4. The van der Waals surface area contributed by atoms with Gasteiger partial charge in [0, 0.05) is 34.9 Å². The molecule has 3 aromatic carbocycles. The van der Waals surface area contributed by atoms with Gasteiger partial charge in [-0.05, 0) is 49.7 Å². The van der Waals surface area contributed by atoms with Gasteiger partial charge in [0.15, 0.2) is 0 Å². The van der Waals surface area contributed by atoms with E-state index < -0.39 is 0 Å². The second-order valence-electron chi connectivity index (χ2n) is 7.35. The van der Waals surface area contributed by atoms with Gasteiger partial charge in [0.25, 0.3) is 0 Å². The second-order valence-corrected chi connectivity index (χ2v) is 7.35. The minimum absolute atomic E-state index is 0.153. The third-order valence-corrected chi connectivity index (χ3v) is 5.58. The van der Waals surface area contributed by atoms with Gasteiger partial charge >= 0.3 is 0 Å². The minimum Gasteiger partial charge on any atom is -0.341 e. The van der Waals surface area contributed by atoms with E-state index in [4.69, 9.17) is 4.98 Å². The molecule has 0 saturated heterocycles. The zero-order valence-electron chi connectivity index (χ0n) is 16.2. The Labute approximate surface area is 164 Å². The SMILES string of the molecule is CCn1c2ccccc2c2cc(CNC(C)c3nc4ccccc4[nH]3)ccc21. The molecule has 0 aliphatic rings. The van der Waals surface area contributed by atoms with Crippen LogP contribution >= 0.6 is 0 Å². The zero-order valence-corrected chi connectivity index (χ0v) is 16.2. The predicted molar refractivity (Wildman–Crippen MR) is 116 cm³/mol. The molecule has 2 N–H and O–H groups in total. The molecule has 140 valence electrons. The Kier molecular flexibility index (Phi) is 4.14. The van der Waals surface area contributed by atoms with Crippen LogP contribution in [-0.2, 0) is 13.1 Å². The summed E-state index contributed by atoms with van der Waals surface area (Å²) in [7, 11) is 0. The Hall–Kier alpha value is -3.11. The molecule has 4 heteroatoms. The zero-order chi connectivity index (χ0) is 19.1. The summed E-state index contributed by atoms with van der Waals surface area (Å²) in [6.07, 6.45) is 0. The first-order chi connectivity index (χ1) is 13.7. The normalized spacial score (nSPS) is 12.9. The Balaban J connectivity index is 1.42. The van der Waals surface area contributed by atoms with E-state index in [1.54, 1.807) is 0 Å². The Bertz CT molecular complexity index is 1250. The summed E-state index contributed by atoms with van der Waals surface area (Å²) in [5.74, 6) is 0.977. The lowest BCUT2D eigenvalue weighted by Crippen LogP contribution is -2.19. The van der Waals surface area contributed by atoms with E-state index in [9.17, 15) is 0 Å². The number of imidazole rings is 1. The van der Waals surface area contributed by atoms with E-state index in [1.165, 1.54) is 27.4 Å². The number of para-hydroxylation sites is 3. The first-order valence-corrected chi connectivity index (χ1v) is 9.92. The average molecular weight is 368 g/mol. The number of aromatic nitrogens is 3. The van der Waals surface area contributed by atoms with Gasteiger partial charge in [-0.25, -0.2) is 4.98 Å². The molecule has 5 rings (SSSR count). The van der Waals surface area contributed by atoms with Gasteiger partial charge in [0.2, 0.25) is 0 Å². The van der Waals surface area contributed by atoms with E-state index in [-0.39, 0.29) is 6.04 Å². The molecule has 2 aromatic heterocycles. The van der Waals surface area contributed by atoms with Crippen molar-refractivity contribution in [1.82, 2.24) is 19.9 Å². The van der Waals surface area contributed by atoms with Gasteiger partial charge in [-0.1, -0.05) is 36.4 Å². The van der Waals surface area contributed by atoms with Crippen molar-refractivity contribution in [3.63, 3.8) is 0 Å². The minimum atomic E-state index is 0.153. The van der Waals surface area contributed by atoms with Crippen molar-refractivity contribution in [3.8, 4) is 0 Å². The van der Waals surface area contributed by atoms with Gasteiger partial charge < -0.3 is 14.9 Å². The maximum Gasteiger partial charge on any atom is 0.124 e. The maximum absolute atomic E-state index is 4.71. The number of hydrogen-bond donors (Lipinski definition) is 2. The second kappa shape index (κ2) is 6.80. The molecule has 5 aromatic rings. The van der Waals surface area contributed by atoms with Crippen molar-refractivity contribution in [3.05, 3.63) is 78.1 Å². The van der Waals surface area contributed by atoms with Gasteiger partial charge in [-0.15, -0.1) is 0 Å². The number of aryl methyl sites for hydroxylation is 1. The standard InChI is InChI=1S/C24H24N4/c1-3-28-22-11-7-4-8-18(22)19-14-17(12-13-23(19)28)15-25-16(2)24-26-20-9-5-6-10-21(20)27-24/h4-14,16,25H,3,15H2,1-2H3,(H,26,27). The van der Waals surface area contributed by atoms with Crippen LogP contribution in [0.4, 0.5) is 0 Å². The Morgan fingerprint density at radius 1 is 0.964 bits per heavy atom. The van der Waals surface area contributed by atoms with E-state index in [2.05, 4.69) is 77.2 Å². The van der Waals surface area contributed by atoms with Crippen molar-refractivity contribution in [2.24, 2.45) is 0 Å².